The van der Waals surface area contributed by atoms with E-state index < -0.39 is 5.82 Å². The van der Waals surface area contributed by atoms with E-state index >= 15 is 0 Å². The molecule has 2 rings (SSSR count). The number of aryl methyl sites for hydroxylation is 1. The molecule has 0 atom stereocenters. The second-order valence-electron chi connectivity index (χ2n) is 3.92. The highest BCUT2D eigenvalue weighted by atomic mass is 32.1. The summed E-state index contributed by atoms with van der Waals surface area (Å²) >= 11 is 1.52. The maximum Gasteiger partial charge on any atom is 0.197 e. The van der Waals surface area contributed by atoms with Crippen molar-refractivity contribution in [1.82, 2.24) is 0 Å². The molecule has 0 aliphatic heterocycles. The summed E-state index contributed by atoms with van der Waals surface area (Å²) in [4.78, 5) is 1.04. The highest BCUT2D eigenvalue weighted by molar-refractivity contribution is 7.19. The van der Waals surface area contributed by atoms with E-state index in [9.17, 15) is 4.39 Å². The van der Waals surface area contributed by atoms with Gasteiger partial charge in [0.15, 0.2) is 17.3 Å². The number of benzene rings is 1. The second kappa shape index (κ2) is 5.54. The fourth-order valence-corrected chi connectivity index (χ4v) is 2.70. The third-order valence-corrected chi connectivity index (χ3v) is 3.57. The summed E-state index contributed by atoms with van der Waals surface area (Å²) in [6.45, 7) is 2.21. The monoisotopic (exact) mass is 270 g/mol. The first-order valence-electron chi connectivity index (χ1n) is 5.67. The largest absolute Gasteiger partial charge is 0.493 e. The molecule has 0 unspecified atom stereocenters. The first kappa shape index (κ1) is 13.1. The van der Waals surface area contributed by atoms with Crippen LogP contribution in [0, 0.1) is 12.7 Å². The topological polar surface area (TPSA) is 38.7 Å². The third-order valence-electron chi connectivity index (χ3n) is 2.57. The van der Waals surface area contributed by atoms with Crippen molar-refractivity contribution in [3.05, 3.63) is 22.8 Å². The Balaban J connectivity index is 2.44. The zero-order valence-corrected chi connectivity index (χ0v) is 11.1. The van der Waals surface area contributed by atoms with Crippen LogP contribution in [0.15, 0.2) is 12.1 Å². The third kappa shape index (κ3) is 2.42. The Hall–Kier alpha value is -1.33. The molecule has 1 N–H and O–H groups in total. The van der Waals surface area contributed by atoms with Crippen molar-refractivity contribution in [3.63, 3.8) is 0 Å². The van der Waals surface area contributed by atoms with Gasteiger partial charge in [0.1, 0.15) is 0 Å². The van der Waals surface area contributed by atoms with Crippen molar-refractivity contribution in [3.8, 4) is 11.5 Å². The minimum Gasteiger partial charge on any atom is -0.493 e. The minimum atomic E-state index is -0.397. The van der Waals surface area contributed by atoms with E-state index in [1.165, 1.54) is 18.4 Å². The van der Waals surface area contributed by atoms with Crippen molar-refractivity contribution < 1.29 is 19.0 Å². The Bertz CT molecular complexity index is 551. The van der Waals surface area contributed by atoms with Crippen LogP contribution in [0.25, 0.3) is 10.1 Å². The lowest BCUT2D eigenvalue weighted by Gasteiger charge is -2.11. The van der Waals surface area contributed by atoms with Crippen molar-refractivity contribution >= 4 is 21.4 Å². The van der Waals surface area contributed by atoms with Gasteiger partial charge in [-0.15, -0.1) is 11.3 Å². The molecular formula is C13H15FO3S. The van der Waals surface area contributed by atoms with E-state index in [1.54, 1.807) is 12.1 Å². The van der Waals surface area contributed by atoms with Gasteiger partial charge >= 0.3 is 0 Å². The van der Waals surface area contributed by atoms with Crippen molar-refractivity contribution in [2.24, 2.45) is 0 Å². The number of fused-ring (bicyclic) bond motifs is 1. The lowest BCUT2D eigenvalue weighted by Crippen LogP contribution is -2.03. The fourth-order valence-electron chi connectivity index (χ4n) is 1.75. The number of aliphatic hydroxyl groups excluding tert-OH is 1. The van der Waals surface area contributed by atoms with Gasteiger partial charge < -0.3 is 14.6 Å². The van der Waals surface area contributed by atoms with E-state index in [1.807, 2.05) is 6.92 Å². The average Bonchev–Trinajstić information content (AvgIpc) is 2.73. The van der Waals surface area contributed by atoms with Crippen LogP contribution in [0.1, 0.15) is 11.3 Å². The van der Waals surface area contributed by atoms with E-state index in [0.29, 0.717) is 17.6 Å². The van der Waals surface area contributed by atoms with E-state index in [0.717, 1.165) is 9.58 Å². The molecule has 18 heavy (non-hydrogen) atoms. The SMILES string of the molecule is COc1cc2sc(C)cc2c(F)c1OCCCO. The molecule has 0 amide bonds. The zero-order chi connectivity index (χ0) is 13.1. The zero-order valence-electron chi connectivity index (χ0n) is 10.3. The number of hydrogen-bond donors (Lipinski definition) is 1. The van der Waals surface area contributed by atoms with Gasteiger partial charge in [-0.2, -0.15) is 0 Å². The summed E-state index contributed by atoms with van der Waals surface area (Å²) in [5.74, 6) is 0.114. The predicted molar refractivity (Wildman–Crippen MR) is 70.3 cm³/mol. The molecule has 1 heterocycles. The molecule has 1 aromatic heterocycles. The van der Waals surface area contributed by atoms with Crippen molar-refractivity contribution in [2.45, 2.75) is 13.3 Å². The summed E-state index contributed by atoms with van der Waals surface area (Å²) in [5.41, 5.74) is 0. The minimum absolute atomic E-state index is 0.0176. The predicted octanol–water partition coefficient (Wildman–Crippen LogP) is 3.12. The van der Waals surface area contributed by atoms with E-state index in [-0.39, 0.29) is 19.0 Å². The van der Waals surface area contributed by atoms with Crippen LogP contribution in [-0.2, 0) is 0 Å². The van der Waals surface area contributed by atoms with Gasteiger partial charge in [0.25, 0.3) is 0 Å². The highest BCUT2D eigenvalue weighted by Gasteiger charge is 2.17. The van der Waals surface area contributed by atoms with E-state index in [2.05, 4.69) is 0 Å². The number of thiophene rings is 1. The lowest BCUT2D eigenvalue weighted by atomic mass is 10.2. The normalized spacial score (nSPS) is 10.9. The van der Waals surface area contributed by atoms with Gasteiger partial charge in [-0.3, -0.25) is 0 Å². The van der Waals surface area contributed by atoms with Crippen LogP contribution >= 0.6 is 11.3 Å². The van der Waals surface area contributed by atoms with Crippen LogP contribution in [0.2, 0.25) is 0 Å². The molecule has 0 aliphatic carbocycles. The summed E-state index contributed by atoms with van der Waals surface area (Å²) in [7, 11) is 1.49. The van der Waals surface area contributed by atoms with Gasteiger partial charge in [0.2, 0.25) is 0 Å². The molecule has 2 aromatic rings. The maximum absolute atomic E-state index is 14.3. The van der Waals surface area contributed by atoms with Gasteiger partial charge in [-0.1, -0.05) is 0 Å². The highest BCUT2D eigenvalue weighted by Crippen LogP contribution is 2.39. The van der Waals surface area contributed by atoms with Crippen LogP contribution in [-0.4, -0.2) is 25.4 Å². The summed E-state index contributed by atoms with van der Waals surface area (Å²) in [5, 5.41) is 9.26. The summed E-state index contributed by atoms with van der Waals surface area (Å²) in [6, 6.07) is 3.58. The first-order chi connectivity index (χ1) is 8.67. The molecular weight excluding hydrogens is 255 g/mol. The summed E-state index contributed by atoms with van der Waals surface area (Å²) < 4.78 is 25.7. The Labute approximate surface area is 109 Å². The molecule has 5 heteroatoms. The van der Waals surface area contributed by atoms with Gasteiger partial charge in [-0.05, 0) is 13.0 Å². The van der Waals surface area contributed by atoms with Gasteiger partial charge in [0, 0.05) is 34.1 Å². The van der Waals surface area contributed by atoms with Gasteiger partial charge in [-0.25, -0.2) is 4.39 Å². The molecule has 0 fully saturated rings. The van der Waals surface area contributed by atoms with Crippen LogP contribution < -0.4 is 9.47 Å². The molecule has 0 aliphatic rings. The van der Waals surface area contributed by atoms with Gasteiger partial charge in [0.05, 0.1) is 13.7 Å². The molecule has 0 saturated heterocycles. The number of aliphatic hydroxyl groups is 1. The van der Waals surface area contributed by atoms with Crippen LogP contribution in [0.3, 0.4) is 0 Å². The van der Waals surface area contributed by atoms with Crippen LogP contribution in [0.5, 0.6) is 11.5 Å². The number of hydrogen-bond acceptors (Lipinski definition) is 4. The summed E-state index contributed by atoms with van der Waals surface area (Å²) in [6.07, 6.45) is 0.462. The molecule has 3 nitrogen and oxygen atoms in total. The number of halogens is 1. The Kier molecular flexibility index (Phi) is 4.04. The molecule has 0 radical (unpaired) electrons. The molecule has 98 valence electrons. The quantitative estimate of drug-likeness (QED) is 0.848. The van der Waals surface area contributed by atoms with Crippen LogP contribution in [0.4, 0.5) is 4.39 Å². The number of ether oxygens (including phenoxy) is 2. The molecule has 0 spiro atoms. The van der Waals surface area contributed by atoms with E-state index in [4.69, 9.17) is 14.6 Å². The smallest absolute Gasteiger partial charge is 0.197 e. The second-order valence-corrected chi connectivity index (χ2v) is 5.20. The Morgan fingerprint density at radius 2 is 2.17 bits per heavy atom. The van der Waals surface area contributed by atoms with Crippen molar-refractivity contribution in [2.75, 3.05) is 20.3 Å². The Morgan fingerprint density at radius 3 is 2.83 bits per heavy atom. The molecule has 1 aromatic carbocycles. The molecule has 0 bridgehead atoms. The first-order valence-corrected chi connectivity index (χ1v) is 6.49. The maximum atomic E-state index is 14.3. The fraction of sp³-hybridized carbons (Fsp3) is 0.385. The number of rotatable bonds is 5. The van der Waals surface area contributed by atoms with Crippen molar-refractivity contribution in [1.29, 1.82) is 0 Å². The standard InChI is InChI=1S/C13H15FO3S/c1-8-6-9-11(18-8)7-10(16-2)13(12(9)14)17-5-3-4-15/h6-7,15H,3-5H2,1-2H3. The molecule has 0 saturated carbocycles. The average molecular weight is 270 g/mol. The number of methoxy groups -OCH3 is 1. The Morgan fingerprint density at radius 1 is 1.39 bits per heavy atom. The lowest BCUT2D eigenvalue weighted by molar-refractivity contribution is 0.223.